The number of rotatable bonds is 5. The van der Waals surface area contributed by atoms with Gasteiger partial charge in [0.1, 0.15) is 18.2 Å². The summed E-state index contributed by atoms with van der Waals surface area (Å²) in [4.78, 5) is 8.65. The van der Waals surface area contributed by atoms with Gasteiger partial charge >= 0.3 is 0 Å². The van der Waals surface area contributed by atoms with Crippen LogP contribution in [0.25, 0.3) is 0 Å². The molecule has 5 heteroatoms. The molecule has 0 fully saturated rings. The summed E-state index contributed by atoms with van der Waals surface area (Å²) < 4.78 is 6.65. The molecule has 1 N–H and O–H groups in total. The first-order valence-electron chi connectivity index (χ1n) is 6.07. The molecular weight excluding hydrogens is 306 g/mol. The van der Waals surface area contributed by atoms with E-state index in [1.807, 2.05) is 38.1 Å². The summed E-state index contributed by atoms with van der Waals surface area (Å²) in [5, 5.41) is 3.23. The summed E-state index contributed by atoms with van der Waals surface area (Å²) >= 11 is 3.41. The quantitative estimate of drug-likeness (QED) is 0.858. The van der Waals surface area contributed by atoms with Crippen molar-refractivity contribution in [3.05, 3.63) is 46.3 Å². The number of nitrogens with zero attached hydrogens (tertiary/aromatic N) is 2. The van der Waals surface area contributed by atoms with E-state index in [1.165, 1.54) is 0 Å². The minimum atomic E-state index is 0.575. The van der Waals surface area contributed by atoms with E-state index >= 15 is 0 Å². The van der Waals surface area contributed by atoms with Gasteiger partial charge in [-0.2, -0.15) is 0 Å². The van der Waals surface area contributed by atoms with Crippen molar-refractivity contribution in [1.82, 2.24) is 9.97 Å². The number of nitrogens with one attached hydrogen (secondary N) is 1. The third kappa shape index (κ3) is 4.21. The summed E-state index contributed by atoms with van der Waals surface area (Å²) in [5.74, 6) is 1.67. The van der Waals surface area contributed by atoms with Crippen LogP contribution < -0.4 is 10.1 Å². The average molecular weight is 322 g/mol. The SMILES string of the molecule is Cc1cnc(C)c(NCCOc2cccc(Br)c2)n1. The molecule has 0 unspecified atom stereocenters. The second kappa shape index (κ2) is 6.52. The fourth-order valence-corrected chi connectivity index (χ4v) is 1.98. The zero-order chi connectivity index (χ0) is 13.7. The normalized spacial score (nSPS) is 10.3. The van der Waals surface area contributed by atoms with Crippen molar-refractivity contribution >= 4 is 21.7 Å². The lowest BCUT2D eigenvalue weighted by atomic mass is 10.3. The first-order chi connectivity index (χ1) is 9.15. The van der Waals surface area contributed by atoms with Gasteiger partial charge < -0.3 is 10.1 Å². The van der Waals surface area contributed by atoms with E-state index in [2.05, 4.69) is 31.2 Å². The van der Waals surface area contributed by atoms with Gasteiger partial charge in [0.05, 0.1) is 17.9 Å². The Kier molecular flexibility index (Phi) is 4.74. The highest BCUT2D eigenvalue weighted by Crippen LogP contribution is 2.17. The van der Waals surface area contributed by atoms with Crippen molar-refractivity contribution in [2.24, 2.45) is 0 Å². The van der Waals surface area contributed by atoms with Crippen LogP contribution in [0.1, 0.15) is 11.4 Å². The first-order valence-corrected chi connectivity index (χ1v) is 6.87. The topological polar surface area (TPSA) is 47.0 Å². The molecule has 0 saturated heterocycles. The summed E-state index contributed by atoms with van der Waals surface area (Å²) in [6, 6.07) is 7.79. The average Bonchev–Trinajstić information content (AvgIpc) is 2.39. The molecule has 0 radical (unpaired) electrons. The number of hydrogen-bond acceptors (Lipinski definition) is 4. The largest absolute Gasteiger partial charge is 0.492 e. The number of aryl methyl sites for hydroxylation is 2. The van der Waals surface area contributed by atoms with E-state index in [1.54, 1.807) is 6.20 Å². The fraction of sp³-hybridized carbons (Fsp3) is 0.286. The first kappa shape index (κ1) is 13.8. The molecular formula is C14H16BrN3O. The molecule has 2 aromatic rings. The summed E-state index contributed by atoms with van der Waals surface area (Å²) in [7, 11) is 0. The molecule has 0 spiro atoms. The Morgan fingerprint density at radius 2 is 2.16 bits per heavy atom. The van der Waals surface area contributed by atoms with E-state index in [-0.39, 0.29) is 0 Å². The van der Waals surface area contributed by atoms with Gasteiger partial charge in [0.15, 0.2) is 0 Å². The van der Waals surface area contributed by atoms with Crippen molar-refractivity contribution < 1.29 is 4.74 Å². The maximum absolute atomic E-state index is 5.64. The minimum absolute atomic E-state index is 0.575. The van der Waals surface area contributed by atoms with Gasteiger partial charge in [0.25, 0.3) is 0 Å². The van der Waals surface area contributed by atoms with Gasteiger partial charge in [-0.15, -0.1) is 0 Å². The zero-order valence-electron chi connectivity index (χ0n) is 11.0. The Bertz CT molecular complexity index is 560. The fourth-order valence-electron chi connectivity index (χ4n) is 1.60. The monoisotopic (exact) mass is 321 g/mol. The minimum Gasteiger partial charge on any atom is -0.492 e. The van der Waals surface area contributed by atoms with Gasteiger partial charge in [-0.05, 0) is 32.0 Å². The third-order valence-electron chi connectivity index (χ3n) is 2.54. The van der Waals surface area contributed by atoms with Crippen molar-refractivity contribution in [2.45, 2.75) is 13.8 Å². The van der Waals surface area contributed by atoms with Crippen molar-refractivity contribution in [3.8, 4) is 5.75 Å². The van der Waals surface area contributed by atoms with Crippen LogP contribution in [0.2, 0.25) is 0 Å². The predicted octanol–water partition coefficient (Wildman–Crippen LogP) is 3.35. The van der Waals surface area contributed by atoms with Crippen molar-refractivity contribution in [3.63, 3.8) is 0 Å². The van der Waals surface area contributed by atoms with Gasteiger partial charge in [0.2, 0.25) is 0 Å². The Labute approximate surface area is 121 Å². The van der Waals surface area contributed by atoms with Crippen LogP contribution in [0, 0.1) is 13.8 Å². The standard InChI is InChI=1S/C14H16BrN3O/c1-10-9-17-11(2)14(18-10)16-6-7-19-13-5-3-4-12(15)8-13/h3-5,8-9H,6-7H2,1-2H3,(H,16,18). The number of benzene rings is 1. The lowest BCUT2D eigenvalue weighted by molar-refractivity contribution is 0.332. The van der Waals surface area contributed by atoms with Crippen LogP contribution in [-0.2, 0) is 0 Å². The molecule has 1 aromatic heterocycles. The Balaban J connectivity index is 1.82. The molecule has 1 aromatic carbocycles. The van der Waals surface area contributed by atoms with Crippen LogP contribution in [0.4, 0.5) is 5.82 Å². The molecule has 100 valence electrons. The lowest BCUT2D eigenvalue weighted by Crippen LogP contribution is -2.13. The molecule has 0 amide bonds. The number of halogens is 1. The van der Waals surface area contributed by atoms with Crippen molar-refractivity contribution in [2.75, 3.05) is 18.5 Å². The molecule has 1 heterocycles. The number of aromatic nitrogens is 2. The van der Waals surface area contributed by atoms with Crippen LogP contribution in [0.15, 0.2) is 34.9 Å². The van der Waals surface area contributed by atoms with Gasteiger partial charge in [-0.1, -0.05) is 22.0 Å². The van der Waals surface area contributed by atoms with E-state index in [0.29, 0.717) is 13.2 Å². The molecule has 0 bridgehead atoms. The van der Waals surface area contributed by atoms with E-state index in [0.717, 1.165) is 27.4 Å². The van der Waals surface area contributed by atoms with Crippen molar-refractivity contribution in [1.29, 1.82) is 0 Å². The molecule has 0 saturated carbocycles. The molecule has 2 rings (SSSR count). The number of ether oxygens (including phenoxy) is 1. The third-order valence-corrected chi connectivity index (χ3v) is 3.03. The zero-order valence-corrected chi connectivity index (χ0v) is 12.6. The molecule has 19 heavy (non-hydrogen) atoms. The molecule has 0 aliphatic carbocycles. The molecule has 0 atom stereocenters. The van der Waals surface area contributed by atoms with E-state index < -0.39 is 0 Å². The van der Waals surface area contributed by atoms with Gasteiger partial charge in [0, 0.05) is 10.7 Å². The van der Waals surface area contributed by atoms with E-state index in [4.69, 9.17) is 4.74 Å². The molecule has 0 aliphatic heterocycles. The number of hydrogen-bond donors (Lipinski definition) is 1. The highest BCUT2D eigenvalue weighted by atomic mass is 79.9. The highest BCUT2D eigenvalue weighted by molar-refractivity contribution is 9.10. The van der Waals surface area contributed by atoms with Crippen LogP contribution in [0.5, 0.6) is 5.75 Å². The highest BCUT2D eigenvalue weighted by Gasteiger charge is 2.01. The maximum atomic E-state index is 5.64. The maximum Gasteiger partial charge on any atom is 0.147 e. The second-order valence-electron chi connectivity index (χ2n) is 4.18. The van der Waals surface area contributed by atoms with E-state index in [9.17, 15) is 0 Å². The smallest absolute Gasteiger partial charge is 0.147 e. The molecule has 4 nitrogen and oxygen atoms in total. The lowest BCUT2D eigenvalue weighted by Gasteiger charge is -2.10. The Morgan fingerprint density at radius 1 is 1.32 bits per heavy atom. The second-order valence-corrected chi connectivity index (χ2v) is 5.09. The van der Waals surface area contributed by atoms with Crippen LogP contribution >= 0.6 is 15.9 Å². The Hall–Kier alpha value is -1.62. The number of anilines is 1. The van der Waals surface area contributed by atoms with Crippen LogP contribution in [0.3, 0.4) is 0 Å². The Morgan fingerprint density at radius 3 is 2.95 bits per heavy atom. The summed E-state index contributed by atoms with van der Waals surface area (Å²) in [6.07, 6.45) is 1.76. The summed E-state index contributed by atoms with van der Waals surface area (Å²) in [5.41, 5.74) is 1.80. The molecule has 0 aliphatic rings. The predicted molar refractivity (Wildman–Crippen MR) is 79.6 cm³/mol. The van der Waals surface area contributed by atoms with Crippen LogP contribution in [-0.4, -0.2) is 23.1 Å². The van der Waals surface area contributed by atoms with Gasteiger partial charge in [-0.3, -0.25) is 4.98 Å². The van der Waals surface area contributed by atoms with Gasteiger partial charge in [-0.25, -0.2) is 4.98 Å². The summed E-state index contributed by atoms with van der Waals surface area (Å²) in [6.45, 7) is 5.12.